The Kier molecular flexibility index (Phi) is 3.33. The minimum Gasteiger partial charge on any atom is -0.340 e. The molecule has 1 aliphatic heterocycles. The number of fused-ring (bicyclic) bond motifs is 1. The molecule has 0 radical (unpaired) electrons. The fourth-order valence-corrected chi connectivity index (χ4v) is 3.51. The maximum atomic E-state index is 12.1. The van der Waals surface area contributed by atoms with Crippen LogP contribution in [0.4, 0.5) is 0 Å². The number of hydrogen-bond donors (Lipinski definition) is 0. The van der Waals surface area contributed by atoms with Crippen molar-refractivity contribution in [2.45, 2.75) is 32.4 Å². The van der Waals surface area contributed by atoms with Crippen LogP contribution < -0.4 is 5.56 Å². The third-order valence-corrected chi connectivity index (χ3v) is 4.63. The number of aryl methyl sites for hydroxylation is 3. The number of rotatable bonds is 4. The Hall–Kier alpha value is -1.95. The zero-order valence-electron chi connectivity index (χ0n) is 12.9. The van der Waals surface area contributed by atoms with E-state index in [2.05, 4.69) is 21.2 Å². The van der Waals surface area contributed by atoms with Crippen LogP contribution >= 0.6 is 0 Å². The molecule has 2 aromatic heterocycles. The lowest BCUT2D eigenvalue weighted by Gasteiger charge is -2.38. The molecule has 0 bridgehead atoms. The molecule has 1 fully saturated rings. The molecule has 0 saturated carbocycles. The summed E-state index contributed by atoms with van der Waals surface area (Å²) in [5.74, 6) is 0.522. The first kappa shape index (κ1) is 13.7. The van der Waals surface area contributed by atoms with Gasteiger partial charge in [-0.1, -0.05) is 0 Å². The Labute approximate surface area is 129 Å². The van der Waals surface area contributed by atoms with Crippen molar-refractivity contribution >= 4 is 0 Å². The standard InChI is InChI=1S/C16H21N5O/c1-19-9-14(17-11-19)10-20-6-12(7-20)8-21-16(22)5-13-3-2-4-15(13)18-21/h5,9,11-12H,2-4,6-8,10H2,1H3. The first-order valence-electron chi connectivity index (χ1n) is 7.96. The summed E-state index contributed by atoms with van der Waals surface area (Å²) in [5.41, 5.74) is 3.45. The van der Waals surface area contributed by atoms with Crippen molar-refractivity contribution in [3.63, 3.8) is 0 Å². The first-order valence-corrected chi connectivity index (χ1v) is 7.96. The van der Waals surface area contributed by atoms with Gasteiger partial charge >= 0.3 is 0 Å². The van der Waals surface area contributed by atoms with Crippen LogP contribution in [0.3, 0.4) is 0 Å². The molecule has 116 valence electrons. The first-order chi connectivity index (χ1) is 10.7. The van der Waals surface area contributed by atoms with Crippen molar-refractivity contribution in [1.82, 2.24) is 24.2 Å². The fraction of sp³-hybridized carbons (Fsp3) is 0.562. The van der Waals surface area contributed by atoms with Gasteiger partial charge in [-0.15, -0.1) is 0 Å². The van der Waals surface area contributed by atoms with E-state index in [9.17, 15) is 4.79 Å². The van der Waals surface area contributed by atoms with Crippen molar-refractivity contribution in [2.24, 2.45) is 13.0 Å². The Morgan fingerprint density at radius 3 is 2.95 bits per heavy atom. The van der Waals surface area contributed by atoms with E-state index < -0.39 is 0 Å². The highest BCUT2D eigenvalue weighted by Gasteiger charge is 2.28. The zero-order valence-corrected chi connectivity index (χ0v) is 12.9. The molecule has 0 spiro atoms. The van der Waals surface area contributed by atoms with Gasteiger partial charge in [0.25, 0.3) is 5.56 Å². The van der Waals surface area contributed by atoms with Crippen molar-refractivity contribution in [1.29, 1.82) is 0 Å². The van der Waals surface area contributed by atoms with Crippen LogP contribution in [0.1, 0.15) is 23.4 Å². The van der Waals surface area contributed by atoms with E-state index in [1.165, 1.54) is 0 Å². The second kappa shape index (κ2) is 5.35. The molecule has 6 nitrogen and oxygen atoms in total. The Balaban J connectivity index is 1.35. The van der Waals surface area contributed by atoms with Gasteiger partial charge in [0.15, 0.2) is 0 Å². The van der Waals surface area contributed by atoms with E-state index in [1.54, 1.807) is 10.7 Å². The molecule has 1 aliphatic carbocycles. The van der Waals surface area contributed by atoms with Crippen LogP contribution in [0.15, 0.2) is 23.4 Å². The molecular formula is C16H21N5O. The Bertz CT molecular complexity index is 741. The highest BCUT2D eigenvalue weighted by molar-refractivity contribution is 5.22. The number of likely N-dealkylation sites (tertiary alicyclic amines) is 1. The summed E-state index contributed by atoms with van der Waals surface area (Å²) >= 11 is 0. The molecule has 1 saturated heterocycles. The number of nitrogens with zero attached hydrogens (tertiary/aromatic N) is 5. The largest absolute Gasteiger partial charge is 0.340 e. The van der Waals surface area contributed by atoms with E-state index in [0.29, 0.717) is 5.92 Å². The third kappa shape index (κ3) is 2.59. The van der Waals surface area contributed by atoms with Crippen molar-refractivity contribution in [2.75, 3.05) is 13.1 Å². The highest BCUT2D eigenvalue weighted by atomic mass is 16.1. The molecule has 0 N–H and O–H groups in total. The van der Waals surface area contributed by atoms with E-state index in [0.717, 1.165) is 62.4 Å². The number of aromatic nitrogens is 4. The topological polar surface area (TPSA) is 56.0 Å². The SMILES string of the molecule is Cn1cnc(CN2CC(Cn3nc4c(cc3=O)CCC4)C2)c1. The molecule has 6 heteroatoms. The molecule has 2 aliphatic rings. The second-order valence-electron chi connectivity index (χ2n) is 6.58. The van der Waals surface area contributed by atoms with Crippen molar-refractivity contribution < 1.29 is 0 Å². The van der Waals surface area contributed by atoms with Gasteiger partial charge in [-0.05, 0) is 24.8 Å². The number of imidazole rings is 1. The van der Waals surface area contributed by atoms with Gasteiger partial charge in [0.1, 0.15) is 0 Å². The van der Waals surface area contributed by atoms with E-state index in [4.69, 9.17) is 0 Å². The Morgan fingerprint density at radius 1 is 1.32 bits per heavy atom. The van der Waals surface area contributed by atoms with E-state index in [-0.39, 0.29) is 5.56 Å². The average Bonchev–Trinajstić information content (AvgIpc) is 3.05. The lowest BCUT2D eigenvalue weighted by atomic mass is 10.00. The lowest BCUT2D eigenvalue weighted by Crippen LogP contribution is -2.49. The summed E-state index contributed by atoms with van der Waals surface area (Å²) in [7, 11) is 1.99. The van der Waals surface area contributed by atoms with Gasteiger partial charge in [0.2, 0.25) is 0 Å². The van der Waals surface area contributed by atoms with E-state index >= 15 is 0 Å². The van der Waals surface area contributed by atoms with Gasteiger partial charge in [-0.3, -0.25) is 9.69 Å². The molecule has 0 amide bonds. The molecule has 2 aromatic rings. The second-order valence-corrected chi connectivity index (χ2v) is 6.58. The normalized spacial score (nSPS) is 18.4. The predicted molar refractivity (Wildman–Crippen MR) is 82.5 cm³/mol. The summed E-state index contributed by atoms with van der Waals surface area (Å²) in [5, 5.41) is 4.56. The van der Waals surface area contributed by atoms with Gasteiger partial charge in [-0.2, -0.15) is 5.10 Å². The van der Waals surface area contributed by atoms with Gasteiger partial charge in [0, 0.05) is 44.9 Å². The fourth-order valence-electron chi connectivity index (χ4n) is 3.51. The van der Waals surface area contributed by atoms with Gasteiger partial charge < -0.3 is 4.57 Å². The lowest BCUT2D eigenvalue weighted by molar-refractivity contribution is 0.0753. The van der Waals surface area contributed by atoms with Crippen LogP contribution in [0, 0.1) is 5.92 Å². The monoisotopic (exact) mass is 299 g/mol. The van der Waals surface area contributed by atoms with E-state index in [1.807, 2.05) is 17.9 Å². The van der Waals surface area contributed by atoms with Crippen LogP contribution in [0.5, 0.6) is 0 Å². The number of hydrogen-bond acceptors (Lipinski definition) is 4. The van der Waals surface area contributed by atoms with Crippen LogP contribution in [0.25, 0.3) is 0 Å². The quantitative estimate of drug-likeness (QED) is 0.829. The highest BCUT2D eigenvalue weighted by Crippen LogP contribution is 2.20. The minimum atomic E-state index is 0.0591. The molecule has 4 rings (SSSR count). The molecule has 0 atom stereocenters. The van der Waals surface area contributed by atoms with Crippen LogP contribution in [-0.4, -0.2) is 37.3 Å². The maximum absolute atomic E-state index is 12.1. The molecule has 3 heterocycles. The van der Waals surface area contributed by atoms with Gasteiger partial charge in [0.05, 0.1) is 24.3 Å². The summed E-state index contributed by atoms with van der Waals surface area (Å²) in [6.45, 7) is 3.66. The Morgan fingerprint density at radius 2 is 2.18 bits per heavy atom. The smallest absolute Gasteiger partial charge is 0.267 e. The summed E-state index contributed by atoms with van der Waals surface area (Å²) in [4.78, 5) is 18.8. The summed E-state index contributed by atoms with van der Waals surface area (Å²) in [6, 6.07) is 1.79. The van der Waals surface area contributed by atoms with Crippen molar-refractivity contribution in [3.05, 3.63) is 45.9 Å². The maximum Gasteiger partial charge on any atom is 0.267 e. The summed E-state index contributed by atoms with van der Waals surface area (Å²) < 4.78 is 3.65. The molecular weight excluding hydrogens is 278 g/mol. The van der Waals surface area contributed by atoms with Crippen LogP contribution in [0.2, 0.25) is 0 Å². The molecule has 0 unspecified atom stereocenters. The predicted octanol–water partition coefficient (Wildman–Crippen LogP) is 0.597. The van der Waals surface area contributed by atoms with Crippen LogP contribution in [-0.2, 0) is 33.0 Å². The average molecular weight is 299 g/mol. The summed E-state index contributed by atoms with van der Waals surface area (Å²) in [6.07, 6.45) is 7.05. The minimum absolute atomic E-state index is 0.0591. The zero-order chi connectivity index (χ0) is 15.1. The molecule has 0 aromatic carbocycles. The molecule has 22 heavy (non-hydrogen) atoms. The van der Waals surface area contributed by atoms with Gasteiger partial charge in [-0.25, -0.2) is 9.67 Å². The third-order valence-electron chi connectivity index (χ3n) is 4.63. The van der Waals surface area contributed by atoms with Crippen molar-refractivity contribution in [3.8, 4) is 0 Å².